The molecular weight excluding hydrogens is 384 g/mol. The Morgan fingerprint density at radius 3 is 2.38 bits per heavy atom. The minimum atomic E-state index is -4.35. The van der Waals surface area contributed by atoms with Crippen LogP contribution in [0.2, 0.25) is 10.0 Å². The van der Waals surface area contributed by atoms with Gasteiger partial charge in [-0.05, 0) is 42.3 Å². The quantitative estimate of drug-likeness (QED) is 0.739. The van der Waals surface area contributed by atoms with E-state index in [0.717, 1.165) is 55.9 Å². The second kappa shape index (κ2) is 8.17. The van der Waals surface area contributed by atoms with Crippen LogP contribution in [0.1, 0.15) is 29.2 Å². The van der Waals surface area contributed by atoms with Crippen molar-refractivity contribution in [3.63, 3.8) is 0 Å². The second-order valence-corrected chi connectivity index (χ2v) is 7.09. The zero-order valence-electron chi connectivity index (χ0n) is 14.0. The number of nitrogens with one attached hydrogen (secondary N) is 1. The molecule has 2 aromatic rings. The monoisotopic (exact) mass is 402 g/mol. The first-order chi connectivity index (χ1) is 12.4. The number of hydrogen-bond acceptors (Lipinski definition) is 2. The molecule has 1 atom stereocenters. The fourth-order valence-corrected chi connectivity index (χ4v) is 3.71. The number of hydrogen-bond donors (Lipinski definition) is 1. The van der Waals surface area contributed by atoms with Gasteiger partial charge >= 0.3 is 6.18 Å². The normalized spacial score (nSPS) is 17.7. The summed E-state index contributed by atoms with van der Waals surface area (Å²) in [5, 5.41) is 4.22. The highest BCUT2D eigenvalue weighted by atomic mass is 35.5. The number of nitrogens with zero attached hydrogens (tertiary/aromatic N) is 1. The van der Waals surface area contributed by atoms with Gasteiger partial charge in [0, 0.05) is 19.6 Å². The standard InChI is InChI=1S/C19H19Cl2F3N2/c20-16-4-1-3-15(17(16)21)18(26-11-2-9-25-10-12-26)13-5-7-14(8-6-13)19(22,23)24/h1,3-8,18,25H,2,9-12H2. The summed E-state index contributed by atoms with van der Waals surface area (Å²) in [5.74, 6) is 0. The van der Waals surface area contributed by atoms with Crippen molar-refractivity contribution in [3.8, 4) is 0 Å². The molecule has 1 aliphatic rings. The summed E-state index contributed by atoms with van der Waals surface area (Å²) in [4.78, 5) is 2.24. The topological polar surface area (TPSA) is 15.3 Å². The van der Waals surface area contributed by atoms with Crippen LogP contribution in [-0.2, 0) is 6.18 Å². The number of alkyl halides is 3. The lowest BCUT2D eigenvalue weighted by Crippen LogP contribution is -2.33. The Balaban J connectivity index is 2.04. The van der Waals surface area contributed by atoms with Gasteiger partial charge in [0.1, 0.15) is 0 Å². The first-order valence-electron chi connectivity index (χ1n) is 8.44. The molecule has 1 saturated heterocycles. The summed E-state index contributed by atoms with van der Waals surface area (Å²) in [6.07, 6.45) is -3.40. The van der Waals surface area contributed by atoms with E-state index in [0.29, 0.717) is 10.0 Å². The maximum atomic E-state index is 12.9. The molecule has 3 rings (SSSR count). The van der Waals surface area contributed by atoms with Crippen molar-refractivity contribution in [2.45, 2.75) is 18.6 Å². The van der Waals surface area contributed by atoms with E-state index in [1.807, 2.05) is 12.1 Å². The zero-order valence-corrected chi connectivity index (χ0v) is 15.5. The van der Waals surface area contributed by atoms with Gasteiger partial charge in [0.25, 0.3) is 0 Å². The summed E-state index contributed by atoms with van der Waals surface area (Å²) in [6.45, 7) is 3.32. The average Bonchev–Trinajstić information content (AvgIpc) is 2.88. The number of halogens is 5. The van der Waals surface area contributed by atoms with Gasteiger partial charge in [0.2, 0.25) is 0 Å². The molecule has 140 valence electrons. The minimum Gasteiger partial charge on any atom is -0.315 e. The van der Waals surface area contributed by atoms with Gasteiger partial charge in [-0.2, -0.15) is 13.2 Å². The summed E-state index contributed by atoms with van der Waals surface area (Å²) in [5.41, 5.74) is 0.916. The molecule has 0 spiro atoms. The Morgan fingerprint density at radius 2 is 1.69 bits per heavy atom. The lowest BCUT2D eigenvalue weighted by Gasteiger charge is -2.32. The van der Waals surface area contributed by atoms with Crippen molar-refractivity contribution in [2.24, 2.45) is 0 Å². The molecule has 0 radical (unpaired) electrons. The van der Waals surface area contributed by atoms with Crippen LogP contribution in [0.25, 0.3) is 0 Å². The third-order valence-electron chi connectivity index (χ3n) is 4.57. The van der Waals surface area contributed by atoms with Gasteiger partial charge in [-0.1, -0.05) is 47.5 Å². The van der Waals surface area contributed by atoms with E-state index in [1.54, 1.807) is 6.07 Å². The molecule has 2 nitrogen and oxygen atoms in total. The summed E-state index contributed by atoms with van der Waals surface area (Å²) in [6, 6.07) is 10.5. The molecular formula is C19H19Cl2F3N2. The molecule has 1 heterocycles. The molecule has 0 amide bonds. The van der Waals surface area contributed by atoms with Crippen LogP contribution in [0.5, 0.6) is 0 Å². The van der Waals surface area contributed by atoms with Crippen molar-refractivity contribution >= 4 is 23.2 Å². The summed E-state index contributed by atoms with van der Waals surface area (Å²) in [7, 11) is 0. The lowest BCUT2D eigenvalue weighted by atomic mass is 9.95. The molecule has 0 aliphatic carbocycles. The predicted molar refractivity (Wildman–Crippen MR) is 98.8 cm³/mol. The van der Waals surface area contributed by atoms with E-state index in [4.69, 9.17) is 23.2 Å². The van der Waals surface area contributed by atoms with Crippen LogP contribution >= 0.6 is 23.2 Å². The van der Waals surface area contributed by atoms with Gasteiger partial charge < -0.3 is 5.32 Å². The highest BCUT2D eigenvalue weighted by Gasteiger charge is 2.31. The van der Waals surface area contributed by atoms with E-state index in [-0.39, 0.29) is 6.04 Å². The molecule has 0 bridgehead atoms. The molecule has 1 aliphatic heterocycles. The van der Waals surface area contributed by atoms with Gasteiger partial charge in [-0.3, -0.25) is 4.90 Å². The van der Waals surface area contributed by atoms with E-state index in [1.165, 1.54) is 12.1 Å². The summed E-state index contributed by atoms with van der Waals surface area (Å²) < 4.78 is 38.7. The Labute approximate surface area is 160 Å². The van der Waals surface area contributed by atoms with E-state index >= 15 is 0 Å². The largest absolute Gasteiger partial charge is 0.416 e. The fraction of sp³-hybridized carbons (Fsp3) is 0.368. The number of benzene rings is 2. The maximum Gasteiger partial charge on any atom is 0.416 e. The first-order valence-corrected chi connectivity index (χ1v) is 9.19. The van der Waals surface area contributed by atoms with E-state index in [2.05, 4.69) is 10.2 Å². The van der Waals surface area contributed by atoms with Crippen LogP contribution in [0.3, 0.4) is 0 Å². The highest BCUT2D eigenvalue weighted by Crippen LogP contribution is 2.38. The van der Waals surface area contributed by atoms with Crippen LogP contribution in [0.4, 0.5) is 13.2 Å². The highest BCUT2D eigenvalue weighted by molar-refractivity contribution is 6.42. The molecule has 2 aromatic carbocycles. The smallest absolute Gasteiger partial charge is 0.315 e. The molecule has 0 aromatic heterocycles. The van der Waals surface area contributed by atoms with Crippen molar-refractivity contribution < 1.29 is 13.2 Å². The first kappa shape index (κ1) is 19.5. The SMILES string of the molecule is FC(F)(F)c1ccc(C(c2cccc(Cl)c2Cl)N2CCCNCC2)cc1. The third-order valence-corrected chi connectivity index (χ3v) is 5.40. The van der Waals surface area contributed by atoms with E-state index < -0.39 is 11.7 Å². The van der Waals surface area contributed by atoms with E-state index in [9.17, 15) is 13.2 Å². The van der Waals surface area contributed by atoms with Gasteiger partial charge in [-0.15, -0.1) is 0 Å². The maximum absolute atomic E-state index is 12.9. The molecule has 1 N–H and O–H groups in total. The lowest BCUT2D eigenvalue weighted by molar-refractivity contribution is -0.137. The second-order valence-electron chi connectivity index (χ2n) is 6.30. The zero-order chi connectivity index (χ0) is 18.7. The van der Waals surface area contributed by atoms with Crippen molar-refractivity contribution in [1.29, 1.82) is 0 Å². The predicted octanol–water partition coefficient (Wildman–Crippen LogP) is 5.40. The minimum absolute atomic E-state index is 0.247. The van der Waals surface area contributed by atoms with Crippen molar-refractivity contribution in [1.82, 2.24) is 10.2 Å². The Hall–Kier alpha value is -1.27. The van der Waals surface area contributed by atoms with Crippen LogP contribution in [-0.4, -0.2) is 31.1 Å². The van der Waals surface area contributed by atoms with Crippen molar-refractivity contribution in [3.05, 3.63) is 69.2 Å². The molecule has 7 heteroatoms. The Morgan fingerprint density at radius 1 is 0.962 bits per heavy atom. The molecule has 0 saturated carbocycles. The fourth-order valence-electron chi connectivity index (χ4n) is 3.30. The number of rotatable bonds is 3. The van der Waals surface area contributed by atoms with Gasteiger partial charge in [-0.25, -0.2) is 0 Å². The Bertz CT molecular complexity index is 739. The Kier molecular flexibility index (Phi) is 6.13. The molecule has 1 unspecified atom stereocenters. The third kappa shape index (κ3) is 4.34. The van der Waals surface area contributed by atoms with Gasteiger partial charge in [0.15, 0.2) is 0 Å². The average molecular weight is 403 g/mol. The van der Waals surface area contributed by atoms with Crippen LogP contribution in [0.15, 0.2) is 42.5 Å². The molecule has 1 fully saturated rings. The van der Waals surface area contributed by atoms with Gasteiger partial charge in [0.05, 0.1) is 21.7 Å². The van der Waals surface area contributed by atoms with Crippen LogP contribution in [0, 0.1) is 0 Å². The summed E-state index contributed by atoms with van der Waals surface area (Å²) >= 11 is 12.6. The molecule has 26 heavy (non-hydrogen) atoms. The van der Waals surface area contributed by atoms with Crippen molar-refractivity contribution in [2.75, 3.05) is 26.2 Å². The van der Waals surface area contributed by atoms with Crippen LogP contribution < -0.4 is 5.32 Å².